The first-order valence-electron chi connectivity index (χ1n) is 6.24. The number of halogens is 2. The van der Waals surface area contributed by atoms with Gasteiger partial charge in [0.2, 0.25) is 0 Å². The largest absolute Gasteiger partial charge is 0.270 e. The molecule has 0 atom stereocenters. The van der Waals surface area contributed by atoms with Crippen molar-refractivity contribution < 1.29 is 9.85 Å². The lowest BCUT2D eigenvalue weighted by atomic mass is 10.0. The van der Waals surface area contributed by atoms with Gasteiger partial charge in [-0.25, -0.2) is 0 Å². The van der Waals surface area contributed by atoms with Gasteiger partial charge in [-0.05, 0) is 69.2 Å². The summed E-state index contributed by atoms with van der Waals surface area (Å²) in [5.74, 6) is 0. The van der Waals surface area contributed by atoms with E-state index >= 15 is 0 Å². The van der Waals surface area contributed by atoms with Crippen molar-refractivity contribution >= 4 is 56.6 Å². The third-order valence-electron chi connectivity index (χ3n) is 3.16. The fourth-order valence-electron chi connectivity index (χ4n) is 1.97. The van der Waals surface area contributed by atoms with E-state index in [1.165, 1.54) is 12.1 Å². The Bertz CT molecular complexity index is 686. The Hall–Kier alpha value is -1.30. The van der Waals surface area contributed by atoms with Crippen LogP contribution in [0.3, 0.4) is 0 Å². The molecule has 0 spiro atoms. The molecule has 2 aromatic rings. The van der Waals surface area contributed by atoms with Gasteiger partial charge in [0, 0.05) is 31.4 Å². The summed E-state index contributed by atoms with van der Waals surface area (Å²) in [6.45, 7) is 0. The van der Waals surface area contributed by atoms with Crippen LogP contribution in [0.1, 0.15) is 11.1 Å². The zero-order valence-electron chi connectivity index (χ0n) is 11.2. The molecule has 0 aliphatic carbocycles. The number of nitrogens with zero attached hydrogens (tertiary/aromatic N) is 2. The van der Waals surface area contributed by atoms with Gasteiger partial charge in [-0.1, -0.05) is 12.1 Å². The Morgan fingerprint density at radius 2 is 1.14 bits per heavy atom. The maximum absolute atomic E-state index is 10.7. The molecule has 8 heteroatoms. The lowest BCUT2D eigenvalue weighted by Crippen LogP contribution is -1.98. The molecule has 2 aromatic carbocycles. The van der Waals surface area contributed by atoms with Crippen LogP contribution in [0, 0.1) is 27.4 Å². The van der Waals surface area contributed by atoms with Crippen molar-refractivity contribution in [3.8, 4) is 0 Å². The fourth-order valence-corrected chi connectivity index (χ4v) is 3.51. The molecule has 114 valence electrons. The molecule has 0 bridgehead atoms. The Morgan fingerprint density at radius 1 is 0.773 bits per heavy atom. The molecule has 0 heterocycles. The van der Waals surface area contributed by atoms with E-state index in [0.717, 1.165) is 31.1 Å². The molecule has 0 aliphatic rings. The quantitative estimate of drug-likeness (QED) is 0.328. The van der Waals surface area contributed by atoms with Crippen LogP contribution >= 0.6 is 45.2 Å². The number of aryl methyl sites for hydroxylation is 2. The van der Waals surface area contributed by atoms with Crippen LogP contribution in [0.4, 0.5) is 11.4 Å². The molecule has 22 heavy (non-hydrogen) atoms. The van der Waals surface area contributed by atoms with Crippen molar-refractivity contribution in [2.24, 2.45) is 0 Å². The van der Waals surface area contributed by atoms with Gasteiger partial charge in [0.15, 0.2) is 0 Å². The summed E-state index contributed by atoms with van der Waals surface area (Å²) in [4.78, 5) is 20.6. The molecular formula is C14H10I2N2O4. The van der Waals surface area contributed by atoms with Gasteiger partial charge in [-0.2, -0.15) is 0 Å². The minimum atomic E-state index is -0.412. The van der Waals surface area contributed by atoms with E-state index in [-0.39, 0.29) is 11.4 Å². The molecule has 2 rings (SSSR count). The summed E-state index contributed by atoms with van der Waals surface area (Å²) >= 11 is 4.18. The van der Waals surface area contributed by atoms with E-state index < -0.39 is 9.85 Å². The predicted molar refractivity (Wildman–Crippen MR) is 99.0 cm³/mol. The van der Waals surface area contributed by atoms with Gasteiger partial charge in [0.25, 0.3) is 11.4 Å². The molecule has 0 saturated heterocycles. The maximum atomic E-state index is 10.7. The first kappa shape index (κ1) is 17.1. The zero-order chi connectivity index (χ0) is 16.3. The number of rotatable bonds is 5. The van der Waals surface area contributed by atoms with Gasteiger partial charge in [-0.15, -0.1) is 0 Å². The monoisotopic (exact) mass is 524 g/mol. The van der Waals surface area contributed by atoms with Gasteiger partial charge >= 0.3 is 0 Å². The number of nitro benzene ring substituents is 2. The first-order chi connectivity index (χ1) is 10.4. The molecule has 0 N–H and O–H groups in total. The number of benzene rings is 2. The van der Waals surface area contributed by atoms with Crippen LogP contribution in [0.2, 0.25) is 0 Å². The van der Waals surface area contributed by atoms with Crippen LogP contribution in [0.5, 0.6) is 0 Å². The van der Waals surface area contributed by atoms with E-state index in [1.54, 1.807) is 24.3 Å². The van der Waals surface area contributed by atoms with Crippen molar-refractivity contribution in [2.75, 3.05) is 0 Å². The Labute approximate surface area is 153 Å². The van der Waals surface area contributed by atoms with Crippen LogP contribution in [-0.2, 0) is 12.8 Å². The van der Waals surface area contributed by atoms with Crippen molar-refractivity contribution in [3.05, 3.63) is 74.9 Å². The number of nitro groups is 2. The van der Waals surface area contributed by atoms with Crippen LogP contribution in [0.25, 0.3) is 0 Å². The van der Waals surface area contributed by atoms with Crippen LogP contribution < -0.4 is 0 Å². The maximum Gasteiger partial charge on any atom is 0.270 e. The highest BCUT2D eigenvalue weighted by Gasteiger charge is 2.11. The van der Waals surface area contributed by atoms with Crippen molar-refractivity contribution in [2.45, 2.75) is 12.8 Å². The average molecular weight is 524 g/mol. The molecule has 6 nitrogen and oxygen atoms in total. The number of hydrogen-bond donors (Lipinski definition) is 0. The van der Waals surface area contributed by atoms with Gasteiger partial charge < -0.3 is 0 Å². The highest BCUT2D eigenvalue weighted by molar-refractivity contribution is 14.1. The van der Waals surface area contributed by atoms with E-state index in [4.69, 9.17) is 0 Å². The molecule has 0 aromatic heterocycles. The first-order valence-corrected chi connectivity index (χ1v) is 8.40. The minimum absolute atomic E-state index is 0.0815. The second-order valence-electron chi connectivity index (χ2n) is 4.57. The van der Waals surface area contributed by atoms with E-state index in [0.29, 0.717) is 0 Å². The zero-order valence-corrected chi connectivity index (χ0v) is 15.5. The van der Waals surface area contributed by atoms with Crippen molar-refractivity contribution in [1.82, 2.24) is 0 Å². The number of hydrogen-bond acceptors (Lipinski definition) is 4. The predicted octanol–water partition coefficient (Wildman–Crippen LogP) is 4.50. The van der Waals surface area contributed by atoms with Crippen LogP contribution in [-0.4, -0.2) is 9.85 Å². The lowest BCUT2D eigenvalue weighted by Gasteiger charge is -2.07. The molecule has 0 radical (unpaired) electrons. The normalized spacial score (nSPS) is 10.5. The van der Waals surface area contributed by atoms with Gasteiger partial charge in [0.1, 0.15) is 0 Å². The Kier molecular flexibility index (Phi) is 5.67. The van der Waals surface area contributed by atoms with Gasteiger partial charge in [-0.3, -0.25) is 20.2 Å². The molecule has 0 amide bonds. The molecule has 0 unspecified atom stereocenters. The van der Waals surface area contributed by atoms with Crippen molar-refractivity contribution in [3.63, 3.8) is 0 Å². The van der Waals surface area contributed by atoms with Crippen LogP contribution in [0.15, 0.2) is 36.4 Å². The third kappa shape index (κ3) is 4.12. The van der Waals surface area contributed by atoms with E-state index in [9.17, 15) is 20.2 Å². The third-order valence-corrected chi connectivity index (χ3v) is 5.17. The van der Waals surface area contributed by atoms with Crippen molar-refractivity contribution in [1.29, 1.82) is 0 Å². The smallest absolute Gasteiger partial charge is 0.258 e. The fraction of sp³-hybridized carbons (Fsp3) is 0.143. The molecular weight excluding hydrogens is 514 g/mol. The highest BCUT2D eigenvalue weighted by Crippen LogP contribution is 2.24. The summed E-state index contributed by atoms with van der Waals surface area (Å²) in [6, 6.07) is 9.63. The van der Waals surface area contributed by atoms with Gasteiger partial charge in [0.05, 0.1) is 9.85 Å². The average Bonchev–Trinajstić information content (AvgIpc) is 2.46. The Balaban J connectivity index is 2.13. The second kappa shape index (κ2) is 7.31. The Morgan fingerprint density at radius 3 is 1.41 bits per heavy atom. The summed E-state index contributed by atoms with van der Waals surface area (Å²) < 4.78 is 1.70. The SMILES string of the molecule is O=[N+]([O-])c1ccc(CCc2ccc([N+](=O)[O-])cc2I)c(I)c1. The second-order valence-corrected chi connectivity index (χ2v) is 6.89. The molecule has 0 fully saturated rings. The number of non-ortho nitro benzene ring substituents is 2. The summed E-state index contributed by atoms with van der Waals surface area (Å²) in [5.41, 5.74) is 2.22. The summed E-state index contributed by atoms with van der Waals surface area (Å²) in [6.07, 6.45) is 1.45. The minimum Gasteiger partial charge on any atom is -0.258 e. The topological polar surface area (TPSA) is 86.3 Å². The molecule has 0 saturated carbocycles. The highest BCUT2D eigenvalue weighted by atomic mass is 127. The van der Waals surface area contributed by atoms with E-state index in [2.05, 4.69) is 45.2 Å². The summed E-state index contributed by atoms with van der Waals surface area (Å²) in [5, 5.41) is 21.4. The molecule has 0 aliphatic heterocycles. The summed E-state index contributed by atoms with van der Waals surface area (Å²) in [7, 11) is 0. The van der Waals surface area contributed by atoms with E-state index in [1.807, 2.05) is 0 Å². The lowest BCUT2D eigenvalue weighted by molar-refractivity contribution is -0.385. The standard InChI is InChI=1S/C14H10I2N2O4/c15-13-7-11(17(19)20)5-3-9(13)1-2-10-4-6-12(18(21)22)8-14(10)16/h3-8H,1-2H2.